The van der Waals surface area contributed by atoms with E-state index < -0.39 is 0 Å². The Labute approximate surface area is 110 Å². The molecule has 1 rings (SSSR count). The highest BCUT2D eigenvalue weighted by Crippen LogP contribution is 2.22. The molecule has 1 aliphatic rings. The second kappa shape index (κ2) is 7.27. The summed E-state index contributed by atoms with van der Waals surface area (Å²) in [6.07, 6.45) is 0. The van der Waals surface area contributed by atoms with Crippen LogP contribution in [-0.2, 0) is 4.74 Å². The summed E-state index contributed by atoms with van der Waals surface area (Å²) in [6, 6.07) is 0.842. The summed E-state index contributed by atoms with van der Waals surface area (Å²) in [5.74, 6) is 2.30. The van der Waals surface area contributed by atoms with E-state index in [2.05, 4.69) is 33.0 Å². The summed E-state index contributed by atoms with van der Waals surface area (Å²) in [4.78, 5) is 4.73. The zero-order valence-corrected chi connectivity index (χ0v) is 12.5. The van der Waals surface area contributed by atoms with Crippen LogP contribution < -0.4 is 5.32 Å². The van der Waals surface area contributed by atoms with E-state index in [0.717, 1.165) is 24.1 Å². The average Bonchev–Trinajstić information content (AvgIpc) is 2.72. The molecule has 0 spiro atoms. The molecule has 0 radical (unpaired) electrons. The Morgan fingerprint density at radius 1 is 1.41 bits per heavy atom. The second-order valence-corrected chi connectivity index (χ2v) is 6.22. The van der Waals surface area contributed by atoms with Crippen molar-refractivity contribution in [1.82, 2.24) is 5.32 Å². The van der Waals surface area contributed by atoms with Crippen LogP contribution >= 0.6 is 11.8 Å². The van der Waals surface area contributed by atoms with Crippen LogP contribution in [0.1, 0.15) is 34.6 Å². The van der Waals surface area contributed by atoms with Gasteiger partial charge < -0.3 is 10.1 Å². The molecule has 0 aromatic heterocycles. The lowest BCUT2D eigenvalue weighted by atomic mass is 10.1. The number of hydrogen-bond acceptors (Lipinski definition) is 4. The first-order valence-electron chi connectivity index (χ1n) is 6.59. The number of thioether (sulfide) groups is 1. The Hall–Kier alpha value is -0.220. The van der Waals surface area contributed by atoms with Gasteiger partial charge in [0.15, 0.2) is 5.17 Å². The maximum Gasteiger partial charge on any atom is 0.157 e. The molecule has 2 atom stereocenters. The lowest BCUT2D eigenvalue weighted by molar-refractivity contribution is 0.115. The fourth-order valence-corrected chi connectivity index (χ4v) is 2.85. The molecular formula is C13H26N2OS. The van der Waals surface area contributed by atoms with Crippen molar-refractivity contribution in [1.29, 1.82) is 0 Å². The second-order valence-electron chi connectivity index (χ2n) is 5.21. The fourth-order valence-electron chi connectivity index (χ4n) is 1.61. The van der Waals surface area contributed by atoms with E-state index in [4.69, 9.17) is 9.73 Å². The van der Waals surface area contributed by atoms with Gasteiger partial charge in [-0.25, -0.2) is 0 Å². The van der Waals surface area contributed by atoms with E-state index in [1.807, 2.05) is 18.7 Å². The summed E-state index contributed by atoms with van der Waals surface area (Å²) < 4.78 is 5.51. The number of nitrogens with zero attached hydrogens (tertiary/aromatic N) is 1. The van der Waals surface area contributed by atoms with Crippen molar-refractivity contribution >= 4 is 16.9 Å². The van der Waals surface area contributed by atoms with Gasteiger partial charge in [-0.05, 0) is 18.8 Å². The number of aliphatic imine (C=N–C) groups is 1. The van der Waals surface area contributed by atoms with Crippen LogP contribution in [0.4, 0.5) is 0 Å². The third-order valence-corrected chi connectivity index (χ3v) is 4.06. The van der Waals surface area contributed by atoms with Crippen LogP contribution in [0.15, 0.2) is 4.99 Å². The number of ether oxygens (including phenoxy) is 1. The number of amidine groups is 1. The first-order valence-corrected chi connectivity index (χ1v) is 7.58. The SMILES string of the molecule is CCOCC(NC1=NC(C(C)C)CS1)C(C)C. The topological polar surface area (TPSA) is 33.6 Å². The molecule has 0 saturated carbocycles. The molecule has 0 bridgehead atoms. The van der Waals surface area contributed by atoms with Gasteiger partial charge in [-0.15, -0.1) is 0 Å². The predicted octanol–water partition coefficient (Wildman–Crippen LogP) is 2.76. The Kier molecular flexibility index (Phi) is 6.34. The molecule has 3 nitrogen and oxygen atoms in total. The normalized spacial score (nSPS) is 22.1. The zero-order valence-electron chi connectivity index (χ0n) is 11.7. The van der Waals surface area contributed by atoms with Gasteiger partial charge in [-0.3, -0.25) is 4.99 Å². The molecule has 0 saturated heterocycles. The lowest BCUT2D eigenvalue weighted by Crippen LogP contribution is -2.40. The van der Waals surface area contributed by atoms with E-state index in [1.165, 1.54) is 0 Å². The van der Waals surface area contributed by atoms with Crippen LogP contribution in [0.3, 0.4) is 0 Å². The first kappa shape index (κ1) is 14.8. The van der Waals surface area contributed by atoms with Crippen molar-refractivity contribution in [2.24, 2.45) is 16.8 Å². The van der Waals surface area contributed by atoms with Crippen LogP contribution in [0.25, 0.3) is 0 Å². The van der Waals surface area contributed by atoms with Crippen LogP contribution in [0, 0.1) is 11.8 Å². The van der Waals surface area contributed by atoms with Gasteiger partial charge >= 0.3 is 0 Å². The van der Waals surface area contributed by atoms with Gasteiger partial charge in [-0.1, -0.05) is 39.5 Å². The minimum absolute atomic E-state index is 0.368. The molecule has 1 aliphatic heterocycles. The molecule has 0 aliphatic carbocycles. The lowest BCUT2D eigenvalue weighted by Gasteiger charge is -2.22. The highest BCUT2D eigenvalue weighted by Gasteiger charge is 2.23. The molecule has 0 amide bonds. The summed E-state index contributed by atoms with van der Waals surface area (Å²) in [7, 11) is 0. The Bertz CT molecular complexity index is 254. The van der Waals surface area contributed by atoms with Crippen molar-refractivity contribution in [2.75, 3.05) is 19.0 Å². The van der Waals surface area contributed by atoms with E-state index in [0.29, 0.717) is 23.9 Å². The minimum Gasteiger partial charge on any atom is -0.380 e. The standard InChI is InChI=1S/C13H26N2OS/c1-6-16-7-11(9(2)3)14-13-15-12(8-17-13)10(4)5/h9-12H,6-8H2,1-5H3,(H,14,15). The van der Waals surface area contributed by atoms with Crippen molar-refractivity contribution in [3.63, 3.8) is 0 Å². The highest BCUT2D eigenvalue weighted by molar-refractivity contribution is 8.14. The van der Waals surface area contributed by atoms with Crippen molar-refractivity contribution in [3.05, 3.63) is 0 Å². The third-order valence-electron chi connectivity index (χ3n) is 3.06. The van der Waals surface area contributed by atoms with E-state index in [-0.39, 0.29) is 0 Å². The van der Waals surface area contributed by atoms with Gasteiger partial charge in [0.2, 0.25) is 0 Å². The van der Waals surface area contributed by atoms with E-state index in [9.17, 15) is 0 Å². The molecular weight excluding hydrogens is 232 g/mol. The van der Waals surface area contributed by atoms with Crippen molar-refractivity contribution in [3.8, 4) is 0 Å². The Morgan fingerprint density at radius 3 is 2.59 bits per heavy atom. The van der Waals surface area contributed by atoms with E-state index >= 15 is 0 Å². The quantitative estimate of drug-likeness (QED) is 0.795. The number of nitrogens with one attached hydrogen (secondary N) is 1. The molecule has 100 valence electrons. The fraction of sp³-hybridized carbons (Fsp3) is 0.923. The smallest absolute Gasteiger partial charge is 0.157 e. The molecule has 1 N–H and O–H groups in total. The van der Waals surface area contributed by atoms with Gasteiger partial charge in [0.05, 0.1) is 18.7 Å². The maximum absolute atomic E-state index is 5.51. The number of hydrogen-bond donors (Lipinski definition) is 1. The van der Waals surface area contributed by atoms with Crippen molar-refractivity contribution < 1.29 is 4.74 Å². The van der Waals surface area contributed by atoms with Gasteiger partial charge in [-0.2, -0.15) is 0 Å². The summed E-state index contributed by atoms with van der Waals surface area (Å²) in [6.45, 7) is 12.5. The third kappa shape index (κ3) is 4.88. The molecule has 17 heavy (non-hydrogen) atoms. The molecule has 0 aromatic rings. The maximum atomic E-state index is 5.51. The molecule has 2 unspecified atom stereocenters. The molecule has 4 heteroatoms. The van der Waals surface area contributed by atoms with Crippen LogP contribution in [-0.4, -0.2) is 36.2 Å². The van der Waals surface area contributed by atoms with Crippen LogP contribution in [0.2, 0.25) is 0 Å². The van der Waals surface area contributed by atoms with Gasteiger partial charge in [0.25, 0.3) is 0 Å². The first-order chi connectivity index (χ1) is 8.04. The zero-order chi connectivity index (χ0) is 12.8. The predicted molar refractivity (Wildman–Crippen MR) is 76.8 cm³/mol. The van der Waals surface area contributed by atoms with Crippen LogP contribution in [0.5, 0.6) is 0 Å². The minimum atomic E-state index is 0.368. The Morgan fingerprint density at radius 2 is 2.12 bits per heavy atom. The molecule has 0 fully saturated rings. The Balaban J connectivity index is 2.47. The average molecular weight is 258 g/mol. The monoisotopic (exact) mass is 258 g/mol. The van der Waals surface area contributed by atoms with Gasteiger partial charge in [0, 0.05) is 12.4 Å². The van der Waals surface area contributed by atoms with E-state index in [1.54, 1.807) is 0 Å². The molecule has 0 aromatic carbocycles. The largest absolute Gasteiger partial charge is 0.380 e. The summed E-state index contributed by atoms with van der Waals surface area (Å²) in [5, 5.41) is 4.62. The summed E-state index contributed by atoms with van der Waals surface area (Å²) in [5.41, 5.74) is 0. The van der Waals surface area contributed by atoms with Crippen molar-refractivity contribution in [2.45, 2.75) is 46.7 Å². The molecule has 1 heterocycles. The number of rotatable bonds is 6. The van der Waals surface area contributed by atoms with Gasteiger partial charge in [0.1, 0.15) is 0 Å². The highest BCUT2D eigenvalue weighted by atomic mass is 32.2. The summed E-state index contributed by atoms with van der Waals surface area (Å²) >= 11 is 1.84.